The Labute approximate surface area is 158 Å². The molecular formula is C22H22N4O. The van der Waals surface area contributed by atoms with E-state index in [-0.39, 0.29) is 12.3 Å². The van der Waals surface area contributed by atoms with Crippen LogP contribution in [-0.4, -0.2) is 34.4 Å². The molecule has 0 amide bonds. The molecular weight excluding hydrogens is 336 g/mol. The average Bonchev–Trinajstić information content (AvgIpc) is 3.09. The molecule has 27 heavy (non-hydrogen) atoms. The number of aryl methyl sites for hydroxylation is 2. The monoisotopic (exact) mass is 358 g/mol. The van der Waals surface area contributed by atoms with Crippen LogP contribution in [0.1, 0.15) is 28.4 Å². The number of hydrogen-bond acceptors (Lipinski definition) is 4. The number of hydrogen-bond donors (Lipinski definition) is 1. The van der Waals surface area contributed by atoms with E-state index in [9.17, 15) is 4.79 Å². The Morgan fingerprint density at radius 1 is 1.04 bits per heavy atom. The summed E-state index contributed by atoms with van der Waals surface area (Å²) in [6.07, 6.45) is 2.88. The molecule has 2 N–H and O–H groups in total. The van der Waals surface area contributed by atoms with Gasteiger partial charge in [-0.3, -0.25) is 14.5 Å². The standard InChI is InChI=1S/C22H22N4O/c1-3-14-4-6-15(7-5-14)22-19(12-25-26(22)2)16-8-9-17-18(10-16)20(11-23)24-13-21(17)27/h4-10,12H,3,11,13,23H2,1-2H3. The molecule has 0 aliphatic carbocycles. The number of carbonyl (C=O) groups is 1. The van der Waals surface area contributed by atoms with Gasteiger partial charge in [-0.05, 0) is 23.6 Å². The lowest BCUT2D eigenvalue weighted by molar-refractivity contribution is 0.1000. The van der Waals surface area contributed by atoms with E-state index in [0.29, 0.717) is 12.1 Å². The minimum Gasteiger partial charge on any atom is -0.325 e. The van der Waals surface area contributed by atoms with Gasteiger partial charge in [0.1, 0.15) is 6.54 Å². The predicted octanol–water partition coefficient (Wildman–Crippen LogP) is 3.26. The molecule has 0 radical (unpaired) electrons. The highest BCUT2D eigenvalue weighted by atomic mass is 16.1. The first kappa shape index (κ1) is 17.4. The first-order chi connectivity index (χ1) is 13.1. The van der Waals surface area contributed by atoms with Gasteiger partial charge < -0.3 is 5.73 Å². The minimum atomic E-state index is 0.0373. The molecule has 5 nitrogen and oxygen atoms in total. The predicted molar refractivity (Wildman–Crippen MR) is 108 cm³/mol. The molecule has 0 saturated carbocycles. The number of Topliss-reactive ketones (excluding diaryl/α,β-unsaturated/α-hetero) is 1. The molecule has 0 unspecified atom stereocenters. The number of aliphatic imine (C=N–C) groups is 1. The van der Waals surface area contributed by atoms with Crippen LogP contribution in [0.25, 0.3) is 22.4 Å². The van der Waals surface area contributed by atoms with Crippen LogP contribution in [0.4, 0.5) is 0 Å². The van der Waals surface area contributed by atoms with E-state index < -0.39 is 0 Å². The van der Waals surface area contributed by atoms with Crippen LogP contribution in [0, 0.1) is 0 Å². The summed E-state index contributed by atoms with van der Waals surface area (Å²) >= 11 is 0. The molecule has 0 spiro atoms. The third kappa shape index (κ3) is 3.00. The topological polar surface area (TPSA) is 73.3 Å². The fourth-order valence-corrected chi connectivity index (χ4v) is 3.60. The summed E-state index contributed by atoms with van der Waals surface area (Å²) in [6, 6.07) is 14.4. The van der Waals surface area contributed by atoms with Crippen LogP contribution < -0.4 is 5.73 Å². The zero-order valence-electron chi connectivity index (χ0n) is 15.6. The highest BCUT2D eigenvalue weighted by Crippen LogP contribution is 2.33. The summed E-state index contributed by atoms with van der Waals surface area (Å²) in [6.45, 7) is 2.65. The highest BCUT2D eigenvalue weighted by molar-refractivity contribution is 6.16. The van der Waals surface area contributed by atoms with Gasteiger partial charge in [-0.25, -0.2) is 0 Å². The first-order valence-electron chi connectivity index (χ1n) is 9.15. The van der Waals surface area contributed by atoms with Gasteiger partial charge in [0.15, 0.2) is 5.78 Å². The molecule has 4 rings (SSSR count). The van der Waals surface area contributed by atoms with Crippen molar-refractivity contribution in [1.82, 2.24) is 9.78 Å². The Hall–Kier alpha value is -3.05. The number of rotatable bonds is 4. The lowest BCUT2D eigenvalue weighted by Gasteiger charge is -2.16. The summed E-state index contributed by atoms with van der Waals surface area (Å²) in [4.78, 5) is 16.5. The van der Waals surface area contributed by atoms with E-state index in [1.54, 1.807) is 0 Å². The third-order valence-electron chi connectivity index (χ3n) is 5.12. The molecule has 2 heterocycles. The third-order valence-corrected chi connectivity index (χ3v) is 5.12. The molecule has 2 aromatic carbocycles. The number of fused-ring (bicyclic) bond motifs is 1. The number of aromatic nitrogens is 2. The van der Waals surface area contributed by atoms with Gasteiger partial charge in [-0.2, -0.15) is 5.10 Å². The second-order valence-corrected chi connectivity index (χ2v) is 6.73. The number of benzene rings is 2. The summed E-state index contributed by atoms with van der Waals surface area (Å²) in [5.41, 5.74) is 13.7. The van der Waals surface area contributed by atoms with Crippen LogP contribution in [0.5, 0.6) is 0 Å². The van der Waals surface area contributed by atoms with Gasteiger partial charge in [0.25, 0.3) is 0 Å². The van der Waals surface area contributed by atoms with Crippen molar-refractivity contribution >= 4 is 11.5 Å². The molecule has 136 valence electrons. The van der Waals surface area contributed by atoms with Gasteiger partial charge in [-0.1, -0.05) is 43.3 Å². The summed E-state index contributed by atoms with van der Waals surface area (Å²) in [5.74, 6) is 0.0373. The average molecular weight is 358 g/mol. The van der Waals surface area contributed by atoms with Crippen LogP contribution in [0.15, 0.2) is 53.7 Å². The largest absolute Gasteiger partial charge is 0.325 e. The maximum atomic E-state index is 12.2. The molecule has 0 saturated heterocycles. The molecule has 0 fully saturated rings. The summed E-state index contributed by atoms with van der Waals surface area (Å²) < 4.78 is 1.89. The number of carbonyl (C=O) groups excluding carboxylic acids is 1. The van der Waals surface area contributed by atoms with Crippen LogP contribution in [-0.2, 0) is 13.5 Å². The maximum Gasteiger partial charge on any atom is 0.184 e. The summed E-state index contributed by atoms with van der Waals surface area (Å²) in [7, 11) is 1.95. The van der Waals surface area contributed by atoms with Gasteiger partial charge >= 0.3 is 0 Å². The van der Waals surface area contributed by atoms with Gasteiger partial charge in [0, 0.05) is 35.8 Å². The van der Waals surface area contributed by atoms with Crippen molar-refractivity contribution in [2.75, 3.05) is 13.1 Å². The van der Waals surface area contributed by atoms with E-state index in [1.807, 2.05) is 36.1 Å². The Morgan fingerprint density at radius 2 is 1.78 bits per heavy atom. The minimum absolute atomic E-state index is 0.0373. The van der Waals surface area contributed by atoms with Crippen molar-refractivity contribution in [2.45, 2.75) is 13.3 Å². The smallest absolute Gasteiger partial charge is 0.184 e. The maximum absolute atomic E-state index is 12.2. The van der Waals surface area contributed by atoms with Crippen LogP contribution in [0.2, 0.25) is 0 Å². The Morgan fingerprint density at radius 3 is 2.48 bits per heavy atom. The molecule has 1 aliphatic heterocycles. The van der Waals surface area contributed by atoms with Crippen LogP contribution in [0.3, 0.4) is 0 Å². The fourth-order valence-electron chi connectivity index (χ4n) is 3.60. The van der Waals surface area contributed by atoms with Crippen molar-refractivity contribution in [3.05, 3.63) is 65.4 Å². The highest BCUT2D eigenvalue weighted by Gasteiger charge is 2.21. The molecule has 3 aromatic rings. The number of nitrogens with two attached hydrogens (primary N) is 1. The van der Waals surface area contributed by atoms with Gasteiger partial charge in [0.05, 0.1) is 17.6 Å². The van der Waals surface area contributed by atoms with Crippen molar-refractivity contribution in [1.29, 1.82) is 0 Å². The zero-order valence-corrected chi connectivity index (χ0v) is 15.6. The first-order valence-corrected chi connectivity index (χ1v) is 9.15. The molecule has 0 atom stereocenters. The Balaban J connectivity index is 1.84. The quantitative estimate of drug-likeness (QED) is 0.778. The van der Waals surface area contributed by atoms with Crippen molar-refractivity contribution < 1.29 is 4.79 Å². The molecule has 1 aliphatic rings. The lowest BCUT2D eigenvalue weighted by atomic mass is 9.91. The van der Waals surface area contributed by atoms with Gasteiger partial charge in [0.2, 0.25) is 0 Å². The Bertz CT molecular complexity index is 1040. The van der Waals surface area contributed by atoms with Crippen molar-refractivity contribution in [3.63, 3.8) is 0 Å². The van der Waals surface area contributed by atoms with E-state index in [4.69, 9.17) is 5.73 Å². The second-order valence-electron chi connectivity index (χ2n) is 6.73. The molecule has 1 aromatic heterocycles. The summed E-state index contributed by atoms with van der Waals surface area (Å²) in [5, 5.41) is 4.47. The van der Waals surface area contributed by atoms with E-state index in [1.165, 1.54) is 5.56 Å². The van der Waals surface area contributed by atoms with Crippen molar-refractivity contribution in [2.24, 2.45) is 17.8 Å². The fraction of sp³-hybridized carbons (Fsp3) is 0.227. The van der Waals surface area contributed by atoms with E-state index >= 15 is 0 Å². The zero-order chi connectivity index (χ0) is 19.0. The van der Waals surface area contributed by atoms with Crippen molar-refractivity contribution in [3.8, 4) is 22.4 Å². The van der Waals surface area contributed by atoms with Crippen LogP contribution >= 0.6 is 0 Å². The second kappa shape index (κ2) is 6.93. The molecule has 0 bridgehead atoms. The molecule has 5 heteroatoms. The van der Waals surface area contributed by atoms with E-state index in [2.05, 4.69) is 41.3 Å². The number of nitrogens with zero attached hydrogens (tertiary/aromatic N) is 3. The SMILES string of the molecule is CCc1ccc(-c2c(-c3ccc4c(c3)C(CN)=NCC4=O)cnn2C)cc1. The number of ketones is 1. The lowest BCUT2D eigenvalue weighted by Crippen LogP contribution is -2.24. The normalized spacial score (nSPS) is 13.4. The van der Waals surface area contributed by atoms with E-state index in [0.717, 1.165) is 40.1 Å². The van der Waals surface area contributed by atoms with Gasteiger partial charge in [-0.15, -0.1) is 0 Å². The Kier molecular flexibility index (Phi) is 4.46.